The highest BCUT2D eigenvalue weighted by Crippen LogP contribution is 2.23. The van der Waals surface area contributed by atoms with Crippen molar-refractivity contribution in [2.75, 3.05) is 12.8 Å². The predicted molar refractivity (Wildman–Crippen MR) is 88.5 cm³/mol. The first-order chi connectivity index (χ1) is 10.1. The van der Waals surface area contributed by atoms with Crippen molar-refractivity contribution in [3.05, 3.63) is 52.1 Å². The van der Waals surface area contributed by atoms with Gasteiger partial charge >= 0.3 is 0 Å². The number of hydrogen-bond acceptors (Lipinski definition) is 5. The van der Waals surface area contributed by atoms with Crippen LogP contribution in [0, 0.1) is 0 Å². The van der Waals surface area contributed by atoms with Crippen LogP contribution in [0.5, 0.6) is 0 Å². The maximum atomic E-state index is 5.97. The molecule has 0 aliphatic heterocycles. The summed E-state index contributed by atoms with van der Waals surface area (Å²) < 4.78 is 0. The Morgan fingerprint density at radius 1 is 1.14 bits per heavy atom. The lowest BCUT2D eigenvalue weighted by Crippen LogP contribution is -2.19. The third-order valence-electron chi connectivity index (χ3n) is 3.18. The van der Waals surface area contributed by atoms with Crippen molar-refractivity contribution in [2.45, 2.75) is 13.1 Å². The van der Waals surface area contributed by atoms with Gasteiger partial charge in [0.1, 0.15) is 16.5 Å². The van der Waals surface area contributed by atoms with E-state index in [-0.39, 0.29) is 0 Å². The molecule has 2 aromatic heterocycles. The number of aromatic nitrogens is 2. The molecule has 2 N–H and O–H groups in total. The molecule has 0 atom stereocenters. The molecular weight excluding hydrogens is 304 g/mol. The number of benzene rings is 1. The fraction of sp³-hybridized carbons (Fsp3) is 0.200. The first kappa shape index (κ1) is 14.3. The van der Waals surface area contributed by atoms with Gasteiger partial charge in [0, 0.05) is 11.6 Å². The lowest BCUT2D eigenvalue weighted by Gasteiger charge is -2.16. The minimum absolute atomic E-state index is 0.552. The van der Waals surface area contributed by atoms with Crippen molar-refractivity contribution < 1.29 is 0 Å². The Hall–Kier alpha value is -1.69. The number of nitrogens with zero attached hydrogens (tertiary/aromatic N) is 3. The molecule has 21 heavy (non-hydrogen) atoms. The molecule has 0 saturated heterocycles. The van der Waals surface area contributed by atoms with Gasteiger partial charge in [-0.1, -0.05) is 23.7 Å². The Bertz CT molecular complexity index is 754. The second-order valence-electron chi connectivity index (χ2n) is 4.96. The topological polar surface area (TPSA) is 55.0 Å². The summed E-state index contributed by atoms with van der Waals surface area (Å²) in [6, 6.07) is 9.80. The van der Waals surface area contributed by atoms with Crippen LogP contribution in [-0.2, 0) is 13.1 Å². The van der Waals surface area contributed by atoms with Crippen LogP contribution >= 0.6 is 22.9 Å². The highest BCUT2D eigenvalue weighted by molar-refractivity contribution is 7.16. The average molecular weight is 319 g/mol. The second-order valence-corrected chi connectivity index (χ2v) is 6.29. The van der Waals surface area contributed by atoms with Crippen LogP contribution in [0.2, 0.25) is 5.02 Å². The second kappa shape index (κ2) is 5.97. The molecule has 0 aliphatic rings. The van der Waals surface area contributed by atoms with Crippen molar-refractivity contribution >= 4 is 39.0 Å². The van der Waals surface area contributed by atoms with Gasteiger partial charge in [-0.05, 0) is 36.2 Å². The molecule has 0 spiro atoms. The summed E-state index contributed by atoms with van der Waals surface area (Å²) in [7, 11) is 2.03. The fourth-order valence-corrected chi connectivity index (χ4v) is 3.11. The van der Waals surface area contributed by atoms with E-state index in [0.29, 0.717) is 12.4 Å². The number of nitrogen functional groups attached to an aromatic ring is 1. The lowest BCUT2D eigenvalue weighted by molar-refractivity contribution is 0.311. The Morgan fingerprint density at radius 3 is 2.67 bits per heavy atom. The van der Waals surface area contributed by atoms with Crippen LogP contribution in [0.3, 0.4) is 0 Å². The third-order valence-corrected chi connectivity index (χ3v) is 4.24. The average Bonchev–Trinajstić information content (AvgIpc) is 2.90. The quantitative estimate of drug-likeness (QED) is 0.799. The van der Waals surface area contributed by atoms with E-state index in [1.807, 2.05) is 42.8 Å². The van der Waals surface area contributed by atoms with Crippen molar-refractivity contribution in [2.24, 2.45) is 0 Å². The van der Waals surface area contributed by atoms with Crippen LogP contribution in [-0.4, -0.2) is 21.9 Å². The van der Waals surface area contributed by atoms with E-state index in [2.05, 4.69) is 14.9 Å². The Kier molecular flexibility index (Phi) is 4.05. The summed E-state index contributed by atoms with van der Waals surface area (Å²) in [6.45, 7) is 1.46. The van der Waals surface area contributed by atoms with Gasteiger partial charge in [-0.2, -0.15) is 0 Å². The Labute approximate surface area is 132 Å². The molecule has 108 valence electrons. The van der Waals surface area contributed by atoms with Gasteiger partial charge in [-0.25, -0.2) is 9.97 Å². The van der Waals surface area contributed by atoms with Crippen molar-refractivity contribution in [1.82, 2.24) is 14.9 Å². The molecule has 3 aromatic rings. The number of thiophene rings is 1. The summed E-state index contributed by atoms with van der Waals surface area (Å²) in [5.74, 6) is 1.30. The minimum atomic E-state index is 0.552. The minimum Gasteiger partial charge on any atom is -0.383 e. The summed E-state index contributed by atoms with van der Waals surface area (Å²) in [5.41, 5.74) is 7.17. The zero-order valence-electron chi connectivity index (χ0n) is 11.6. The summed E-state index contributed by atoms with van der Waals surface area (Å²) in [5, 5.41) is 3.67. The van der Waals surface area contributed by atoms with E-state index < -0.39 is 0 Å². The molecule has 0 fully saturated rings. The van der Waals surface area contributed by atoms with E-state index in [4.69, 9.17) is 17.3 Å². The zero-order valence-corrected chi connectivity index (χ0v) is 13.2. The summed E-state index contributed by atoms with van der Waals surface area (Å²) in [4.78, 5) is 12.0. The molecule has 3 rings (SSSR count). The summed E-state index contributed by atoms with van der Waals surface area (Å²) in [6.07, 6.45) is 0. The van der Waals surface area contributed by atoms with E-state index in [9.17, 15) is 0 Å². The number of halogens is 1. The Balaban J connectivity index is 1.73. The first-order valence-electron chi connectivity index (χ1n) is 6.54. The number of fused-ring (bicyclic) bond motifs is 1. The van der Waals surface area contributed by atoms with Crippen molar-refractivity contribution in [1.29, 1.82) is 0 Å². The smallest absolute Gasteiger partial charge is 0.146 e. The molecule has 0 bridgehead atoms. The molecule has 4 nitrogen and oxygen atoms in total. The maximum Gasteiger partial charge on any atom is 0.146 e. The molecule has 0 amide bonds. The molecule has 1 aromatic carbocycles. The number of rotatable bonds is 4. The van der Waals surface area contributed by atoms with Crippen molar-refractivity contribution in [3.8, 4) is 0 Å². The van der Waals surface area contributed by atoms with Crippen LogP contribution in [0.1, 0.15) is 11.4 Å². The maximum absolute atomic E-state index is 5.97. The van der Waals surface area contributed by atoms with E-state index >= 15 is 0 Å². The van der Waals surface area contributed by atoms with Gasteiger partial charge in [0.15, 0.2) is 0 Å². The van der Waals surface area contributed by atoms with Gasteiger partial charge in [0.2, 0.25) is 0 Å². The molecule has 0 aliphatic carbocycles. The molecule has 0 radical (unpaired) electrons. The van der Waals surface area contributed by atoms with Gasteiger partial charge in [-0.3, -0.25) is 4.90 Å². The standard InChI is InChI=1S/C15H15ClN4S/c1-20(8-10-2-4-11(16)5-3-10)9-13-18-14(17)12-6-7-21-15(12)19-13/h2-7H,8-9H2,1H3,(H2,17,18,19). The SMILES string of the molecule is CN(Cc1ccc(Cl)cc1)Cc1nc(N)c2ccsc2n1. The summed E-state index contributed by atoms with van der Waals surface area (Å²) >= 11 is 7.48. The highest BCUT2D eigenvalue weighted by Gasteiger charge is 2.09. The monoisotopic (exact) mass is 318 g/mol. The van der Waals surface area contributed by atoms with E-state index in [0.717, 1.165) is 27.6 Å². The first-order valence-corrected chi connectivity index (χ1v) is 7.80. The molecule has 0 saturated carbocycles. The third kappa shape index (κ3) is 3.32. The number of anilines is 1. The van der Waals surface area contributed by atoms with Crippen LogP contribution in [0.15, 0.2) is 35.7 Å². The van der Waals surface area contributed by atoms with E-state index in [1.165, 1.54) is 5.56 Å². The van der Waals surface area contributed by atoms with Gasteiger partial charge < -0.3 is 5.73 Å². The van der Waals surface area contributed by atoms with Crippen LogP contribution in [0.4, 0.5) is 5.82 Å². The van der Waals surface area contributed by atoms with Gasteiger partial charge in [0.05, 0.1) is 11.9 Å². The largest absolute Gasteiger partial charge is 0.383 e. The van der Waals surface area contributed by atoms with Gasteiger partial charge in [-0.15, -0.1) is 11.3 Å². The normalized spacial score (nSPS) is 11.4. The fourth-order valence-electron chi connectivity index (χ4n) is 2.19. The Morgan fingerprint density at radius 2 is 1.90 bits per heavy atom. The van der Waals surface area contributed by atoms with Crippen LogP contribution < -0.4 is 5.73 Å². The predicted octanol–water partition coefficient (Wildman–Crippen LogP) is 3.56. The van der Waals surface area contributed by atoms with Crippen molar-refractivity contribution in [3.63, 3.8) is 0 Å². The number of nitrogens with two attached hydrogens (primary N) is 1. The molecular formula is C15H15ClN4S. The van der Waals surface area contributed by atoms with E-state index in [1.54, 1.807) is 11.3 Å². The lowest BCUT2D eigenvalue weighted by atomic mass is 10.2. The molecule has 6 heteroatoms. The van der Waals surface area contributed by atoms with Crippen LogP contribution in [0.25, 0.3) is 10.2 Å². The van der Waals surface area contributed by atoms with Gasteiger partial charge in [0.25, 0.3) is 0 Å². The zero-order chi connectivity index (χ0) is 14.8. The highest BCUT2D eigenvalue weighted by atomic mass is 35.5. The number of hydrogen-bond donors (Lipinski definition) is 1. The molecule has 0 unspecified atom stereocenters. The molecule has 2 heterocycles.